The molecule has 2 amide bonds. The Morgan fingerprint density at radius 2 is 2.03 bits per heavy atom. The Morgan fingerprint density at radius 3 is 2.62 bits per heavy atom. The van der Waals surface area contributed by atoms with Crippen LogP contribution in [0, 0.1) is 16.0 Å². The van der Waals surface area contributed by atoms with E-state index < -0.39 is 11.0 Å². The van der Waals surface area contributed by atoms with E-state index in [0.29, 0.717) is 37.4 Å². The SMILES string of the molecule is CCOC(=O)C1CCN(C(=O)C(CSc2cccc([N+](=O)[O-])c2)NC(C)=O)CC1. The summed E-state index contributed by atoms with van der Waals surface area (Å²) in [5.74, 6) is -0.751. The standard InChI is InChI=1S/C19H25N3O6S/c1-3-28-19(25)14-7-9-21(10-8-14)18(24)17(20-13(2)23)12-29-16-6-4-5-15(11-16)22(26)27/h4-6,11,14,17H,3,7-10,12H2,1-2H3,(H,20,23). The van der Waals surface area contributed by atoms with Gasteiger partial charge < -0.3 is 15.0 Å². The van der Waals surface area contributed by atoms with Crippen molar-refractivity contribution in [1.29, 1.82) is 0 Å². The number of carbonyl (C=O) groups excluding carboxylic acids is 3. The average Bonchev–Trinajstić information content (AvgIpc) is 2.70. The summed E-state index contributed by atoms with van der Waals surface area (Å²) in [7, 11) is 0. The number of nitrogens with zero attached hydrogens (tertiary/aromatic N) is 2. The van der Waals surface area contributed by atoms with Gasteiger partial charge >= 0.3 is 5.97 Å². The number of non-ortho nitro benzene ring substituents is 1. The topological polar surface area (TPSA) is 119 Å². The van der Waals surface area contributed by atoms with E-state index in [0.717, 1.165) is 0 Å². The maximum Gasteiger partial charge on any atom is 0.309 e. The Hall–Kier alpha value is -2.62. The van der Waals surface area contributed by atoms with Gasteiger partial charge in [0.05, 0.1) is 17.4 Å². The van der Waals surface area contributed by atoms with Gasteiger partial charge in [0.25, 0.3) is 5.69 Å². The number of rotatable bonds is 8. The summed E-state index contributed by atoms with van der Waals surface area (Å²) in [5.41, 5.74) is -0.0292. The van der Waals surface area contributed by atoms with Gasteiger partial charge in [0.1, 0.15) is 6.04 Å². The van der Waals surface area contributed by atoms with E-state index in [1.54, 1.807) is 24.0 Å². The van der Waals surface area contributed by atoms with Gasteiger partial charge in [-0.15, -0.1) is 11.8 Å². The predicted molar refractivity (Wildman–Crippen MR) is 107 cm³/mol. The highest BCUT2D eigenvalue weighted by Crippen LogP contribution is 2.25. The summed E-state index contributed by atoms with van der Waals surface area (Å²) in [6.45, 7) is 4.26. The Bertz CT molecular complexity index is 764. The number of piperidine rings is 1. The number of carbonyl (C=O) groups is 3. The van der Waals surface area contributed by atoms with Crippen LogP contribution in [0.15, 0.2) is 29.2 Å². The van der Waals surface area contributed by atoms with Crippen LogP contribution in [0.4, 0.5) is 5.69 Å². The lowest BCUT2D eigenvalue weighted by atomic mass is 9.96. The molecule has 29 heavy (non-hydrogen) atoms. The highest BCUT2D eigenvalue weighted by atomic mass is 32.2. The molecule has 1 atom stereocenters. The first-order valence-electron chi connectivity index (χ1n) is 9.41. The fourth-order valence-electron chi connectivity index (χ4n) is 3.10. The van der Waals surface area contributed by atoms with Crippen LogP contribution in [0.25, 0.3) is 0 Å². The number of amides is 2. The number of hydrogen-bond acceptors (Lipinski definition) is 7. The number of nitro benzene ring substituents is 1. The first kappa shape index (κ1) is 22.7. The molecule has 0 radical (unpaired) electrons. The summed E-state index contributed by atoms with van der Waals surface area (Å²) in [5, 5.41) is 13.6. The van der Waals surface area contributed by atoms with E-state index in [9.17, 15) is 24.5 Å². The normalized spacial score (nSPS) is 15.4. The monoisotopic (exact) mass is 423 g/mol. The highest BCUT2D eigenvalue weighted by molar-refractivity contribution is 7.99. The first-order valence-corrected chi connectivity index (χ1v) is 10.4. The molecule has 9 nitrogen and oxygen atoms in total. The van der Waals surface area contributed by atoms with Crippen LogP contribution < -0.4 is 5.32 Å². The zero-order chi connectivity index (χ0) is 21.4. The van der Waals surface area contributed by atoms with Crippen LogP contribution in [0.5, 0.6) is 0 Å². The lowest BCUT2D eigenvalue weighted by Gasteiger charge is -2.33. The molecule has 0 spiro atoms. The second kappa shape index (κ2) is 10.8. The number of esters is 1. The fraction of sp³-hybridized carbons (Fsp3) is 0.526. The molecule has 0 aliphatic carbocycles. The van der Waals surface area contributed by atoms with Crippen molar-refractivity contribution < 1.29 is 24.0 Å². The van der Waals surface area contributed by atoms with Gasteiger partial charge in [0.2, 0.25) is 11.8 Å². The Labute approximate surface area is 173 Å². The quantitative estimate of drug-likeness (QED) is 0.294. The third-order valence-electron chi connectivity index (χ3n) is 4.55. The molecule has 1 aliphatic rings. The Balaban J connectivity index is 1.98. The van der Waals surface area contributed by atoms with Crippen molar-refractivity contribution in [3.8, 4) is 0 Å². The van der Waals surface area contributed by atoms with Crippen LogP contribution in [0.2, 0.25) is 0 Å². The molecule has 1 aromatic rings. The minimum atomic E-state index is -0.754. The van der Waals surface area contributed by atoms with Crippen molar-refractivity contribution >= 4 is 35.2 Å². The molecule has 158 valence electrons. The Morgan fingerprint density at radius 1 is 1.34 bits per heavy atom. The number of likely N-dealkylation sites (tertiary alicyclic amines) is 1. The molecule has 10 heteroatoms. The lowest BCUT2D eigenvalue weighted by molar-refractivity contribution is -0.385. The van der Waals surface area contributed by atoms with E-state index in [4.69, 9.17) is 4.74 Å². The van der Waals surface area contributed by atoms with E-state index in [1.165, 1.54) is 30.8 Å². The molecule has 1 heterocycles. The van der Waals surface area contributed by atoms with E-state index in [1.807, 2.05) is 0 Å². The molecule has 1 aliphatic heterocycles. The molecule has 1 unspecified atom stereocenters. The lowest BCUT2D eigenvalue weighted by Crippen LogP contribution is -2.52. The van der Waals surface area contributed by atoms with Crippen LogP contribution in [-0.4, -0.2) is 59.1 Å². The van der Waals surface area contributed by atoms with Crippen LogP contribution in [0.3, 0.4) is 0 Å². The molecule has 0 bridgehead atoms. The van der Waals surface area contributed by atoms with Gasteiger partial charge in [-0.2, -0.15) is 0 Å². The third-order valence-corrected chi connectivity index (χ3v) is 5.63. The van der Waals surface area contributed by atoms with Gasteiger partial charge in [0.15, 0.2) is 0 Å². The minimum absolute atomic E-state index is 0.0292. The smallest absolute Gasteiger partial charge is 0.309 e. The largest absolute Gasteiger partial charge is 0.466 e. The number of nitro groups is 1. The molecule has 1 saturated heterocycles. The van der Waals surface area contributed by atoms with Crippen molar-refractivity contribution in [2.24, 2.45) is 5.92 Å². The summed E-state index contributed by atoms with van der Waals surface area (Å²) in [6.07, 6.45) is 1.05. The number of ether oxygens (including phenoxy) is 1. The van der Waals surface area contributed by atoms with Crippen molar-refractivity contribution in [3.05, 3.63) is 34.4 Å². The van der Waals surface area contributed by atoms with Crippen LogP contribution in [-0.2, 0) is 19.1 Å². The average molecular weight is 423 g/mol. The number of hydrogen-bond donors (Lipinski definition) is 1. The van der Waals surface area contributed by atoms with Gasteiger partial charge in [-0.3, -0.25) is 24.5 Å². The number of benzene rings is 1. The van der Waals surface area contributed by atoms with Crippen LogP contribution in [0.1, 0.15) is 26.7 Å². The van der Waals surface area contributed by atoms with E-state index in [-0.39, 0.29) is 35.1 Å². The molecule has 1 aromatic carbocycles. The zero-order valence-electron chi connectivity index (χ0n) is 16.5. The maximum atomic E-state index is 12.9. The van der Waals surface area contributed by atoms with Crippen LogP contribution >= 0.6 is 11.8 Å². The molecule has 0 aromatic heterocycles. The van der Waals surface area contributed by atoms with Gasteiger partial charge in [-0.05, 0) is 25.8 Å². The van der Waals surface area contributed by atoms with Gasteiger partial charge in [0, 0.05) is 42.8 Å². The van der Waals surface area contributed by atoms with E-state index in [2.05, 4.69) is 5.32 Å². The summed E-state index contributed by atoms with van der Waals surface area (Å²) >= 11 is 1.27. The maximum absolute atomic E-state index is 12.9. The van der Waals surface area contributed by atoms with Crippen molar-refractivity contribution in [3.63, 3.8) is 0 Å². The van der Waals surface area contributed by atoms with E-state index >= 15 is 0 Å². The fourth-order valence-corrected chi connectivity index (χ4v) is 4.07. The molecule has 1 fully saturated rings. The Kier molecular flexibility index (Phi) is 8.44. The minimum Gasteiger partial charge on any atom is -0.466 e. The van der Waals surface area contributed by atoms with Crippen molar-refractivity contribution in [2.45, 2.75) is 37.6 Å². The summed E-state index contributed by atoms with van der Waals surface area (Å²) < 4.78 is 5.04. The number of thioether (sulfide) groups is 1. The van der Waals surface area contributed by atoms with Gasteiger partial charge in [-0.25, -0.2) is 0 Å². The molecule has 1 N–H and O–H groups in total. The molecule has 0 saturated carbocycles. The number of nitrogens with one attached hydrogen (secondary N) is 1. The second-order valence-electron chi connectivity index (χ2n) is 6.67. The highest BCUT2D eigenvalue weighted by Gasteiger charge is 2.31. The molecular weight excluding hydrogens is 398 g/mol. The van der Waals surface area contributed by atoms with Gasteiger partial charge in [-0.1, -0.05) is 6.07 Å². The summed E-state index contributed by atoms with van der Waals surface area (Å²) in [4.78, 5) is 49.0. The predicted octanol–water partition coefficient (Wildman–Crippen LogP) is 1.99. The second-order valence-corrected chi connectivity index (χ2v) is 7.76. The zero-order valence-corrected chi connectivity index (χ0v) is 17.3. The summed E-state index contributed by atoms with van der Waals surface area (Å²) in [6, 6.07) is 5.38. The molecular formula is C19H25N3O6S. The first-order chi connectivity index (χ1) is 13.8. The van der Waals surface area contributed by atoms with Crippen molar-refractivity contribution in [2.75, 3.05) is 25.4 Å². The molecule has 2 rings (SSSR count). The van der Waals surface area contributed by atoms with Crippen molar-refractivity contribution in [1.82, 2.24) is 10.2 Å². The third kappa shape index (κ3) is 6.74.